The molecule has 2 atom stereocenters. The van der Waals surface area contributed by atoms with Crippen molar-refractivity contribution in [2.45, 2.75) is 25.4 Å². The van der Waals surface area contributed by atoms with E-state index < -0.39 is 0 Å². The first-order chi connectivity index (χ1) is 6.73. The zero-order valence-corrected chi connectivity index (χ0v) is 8.88. The summed E-state index contributed by atoms with van der Waals surface area (Å²) in [5, 5.41) is 7.11. The van der Waals surface area contributed by atoms with Gasteiger partial charge in [-0.15, -0.1) is 0 Å². The van der Waals surface area contributed by atoms with Gasteiger partial charge >= 0.3 is 0 Å². The van der Waals surface area contributed by atoms with Crippen LogP contribution in [0.1, 0.15) is 19.4 Å². The fraction of sp³-hybridized carbons (Fsp3) is 0.500. The first-order valence-corrected chi connectivity index (χ1v) is 5.27. The van der Waals surface area contributed by atoms with Crippen LogP contribution in [-0.2, 0) is 5.54 Å². The van der Waals surface area contributed by atoms with E-state index in [0.29, 0.717) is 6.04 Å². The van der Waals surface area contributed by atoms with Gasteiger partial charge in [-0.1, -0.05) is 30.3 Å². The summed E-state index contributed by atoms with van der Waals surface area (Å²) >= 11 is 0. The summed E-state index contributed by atoms with van der Waals surface area (Å²) in [4.78, 5) is 0. The van der Waals surface area contributed by atoms with Crippen molar-refractivity contribution in [2.75, 3.05) is 13.1 Å². The highest BCUT2D eigenvalue weighted by atomic mass is 15.1. The molecule has 0 radical (unpaired) electrons. The molecule has 2 heteroatoms. The highest BCUT2D eigenvalue weighted by molar-refractivity contribution is 5.26. The molecule has 14 heavy (non-hydrogen) atoms. The van der Waals surface area contributed by atoms with E-state index >= 15 is 0 Å². The van der Waals surface area contributed by atoms with Crippen LogP contribution in [0.15, 0.2) is 30.3 Å². The minimum absolute atomic E-state index is 0.0690. The molecule has 76 valence electrons. The highest BCUT2D eigenvalue weighted by Crippen LogP contribution is 2.25. The Hall–Kier alpha value is -0.860. The van der Waals surface area contributed by atoms with E-state index in [9.17, 15) is 0 Å². The monoisotopic (exact) mass is 190 g/mol. The lowest BCUT2D eigenvalue weighted by Gasteiger charge is -2.42. The van der Waals surface area contributed by atoms with Gasteiger partial charge in [-0.25, -0.2) is 0 Å². The van der Waals surface area contributed by atoms with Gasteiger partial charge in [-0.05, 0) is 19.4 Å². The van der Waals surface area contributed by atoms with Crippen LogP contribution in [0, 0.1) is 0 Å². The van der Waals surface area contributed by atoms with E-state index in [1.165, 1.54) is 5.56 Å². The molecule has 1 aromatic rings. The number of rotatable bonds is 1. The number of piperazine rings is 1. The number of hydrogen-bond acceptors (Lipinski definition) is 2. The van der Waals surface area contributed by atoms with E-state index in [4.69, 9.17) is 0 Å². The summed E-state index contributed by atoms with van der Waals surface area (Å²) in [6, 6.07) is 11.1. The maximum Gasteiger partial charge on any atom is 0.0559 e. The lowest BCUT2D eigenvalue weighted by molar-refractivity contribution is 0.231. The third-order valence-corrected chi connectivity index (χ3v) is 3.31. The van der Waals surface area contributed by atoms with Crippen LogP contribution in [0.4, 0.5) is 0 Å². The summed E-state index contributed by atoms with van der Waals surface area (Å²) in [6.45, 7) is 6.59. The van der Waals surface area contributed by atoms with Gasteiger partial charge in [0, 0.05) is 19.1 Å². The Morgan fingerprint density at radius 1 is 1.21 bits per heavy atom. The van der Waals surface area contributed by atoms with Gasteiger partial charge in [0.15, 0.2) is 0 Å². The predicted molar refractivity (Wildman–Crippen MR) is 59.3 cm³/mol. The number of nitrogens with one attached hydrogen (secondary N) is 2. The first kappa shape index (κ1) is 9.69. The first-order valence-electron chi connectivity index (χ1n) is 5.27. The van der Waals surface area contributed by atoms with Crippen molar-refractivity contribution in [1.82, 2.24) is 10.6 Å². The fourth-order valence-electron chi connectivity index (χ4n) is 2.10. The Balaban J connectivity index is 2.30. The molecule has 1 fully saturated rings. The largest absolute Gasteiger partial charge is 0.311 e. The average Bonchev–Trinajstić information content (AvgIpc) is 2.24. The van der Waals surface area contributed by atoms with Gasteiger partial charge in [0.05, 0.1) is 5.54 Å². The van der Waals surface area contributed by atoms with Crippen molar-refractivity contribution in [2.24, 2.45) is 0 Å². The van der Waals surface area contributed by atoms with E-state index in [0.717, 1.165) is 13.1 Å². The van der Waals surface area contributed by atoms with Crippen molar-refractivity contribution in [3.05, 3.63) is 35.9 Å². The topological polar surface area (TPSA) is 24.1 Å². The summed E-state index contributed by atoms with van der Waals surface area (Å²) in [6.07, 6.45) is 0. The highest BCUT2D eigenvalue weighted by Gasteiger charge is 2.34. The van der Waals surface area contributed by atoms with Crippen LogP contribution < -0.4 is 10.6 Å². The van der Waals surface area contributed by atoms with Crippen LogP contribution in [-0.4, -0.2) is 19.1 Å². The molecule has 1 heterocycles. The summed E-state index contributed by atoms with van der Waals surface area (Å²) in [5.41, 5.74) is 1.43. The molecule has 2 N–H and O–H groups in total. The molecule has 2 nitrogen and oxygen atoms in total. The van der Waals surface area contributed by atoms with Crippen LogP contribution in [0.3, 0.4) is 0 Å². The number of hydrogen-bond donors (Lipinski definition) is 2. The second-order valence-corrected chi connectivity index (χ2v) is 4.17. The van der Waals surface area contributed by atoms with Crippen LogP contribution in [0.25, 0.3) is 0 Å². The minimum Gasteiger partial charge on any atom is -0.311 e. The van der Waals surface area contributed by atoms with Crippen molar-refractivity contribution in [1.29, 1.82) is 0 Å². The van der Waals surface area contributed by atoms with Crippen molar-refractivity contribution < 1.29 is 0 Å². The molecule has 0 spiro atoms. The molecule has 0 aliphatic carbocycles. The lowest BCUT2D eigenvalue weighted by Crippen LogP contribution is -2.60. The third kappa shape index (κ3) is 1.56. The second-order valence-electron chi connectivity index (χ2n) is 4.17. The summed E-state index contributed by atoms with van der Waals surface area (Å²) < 4.78 is 0. The summed E-state index contributed by atoms with van der Waals surface area (Å²) in [5.74, 6) is 0. The van der Waals surface area contributed by atoms with Crippen molar-refractivity contribution in [3.8, 4) is 0 Å². The molecular formula is C12H18N2. The van der Waals surface area contributed by atoms with Gasteiger partial charge in [-0.2, -0.15) is 0 Å². The van der Waals surface area contributed by atoms with Crippen molar-refractivity contribution in [3.63, 3.8) is 0 Å². The van der Waals surface area contributed by atoms with Crippen LogP contribution >= 0.6 is 0 Å². The zero-order chi connectivity index (χ0) is 10.0. The van der Waals surface area contributed by atoms with E-state index in [1.54, 1.807) is 0 Å². The van der Waals surface area contributed by atoms with Gasteiger partial charge in [0.25, 0.3) is 0 Å². The standard InChI is InChI=1S/C12H18N2/c1-10-12(2,14-9-8-13-10)11-6-4-3-5-7-11/h3-7,10,13-14H,8-9H2,1-2H3. The van der Waals surface area contributed by atoms with Gasteiger partial charge < -0.3 is 10.6 Å². The SMILES string of the molecule is CC1NCCNC1(C)c1ccccc1. The third-order valence-electron chi connectivity index (χ3n) is 3.31. The molecule has 2 unspecified atom stereocenters. The molecule has 1 aromatic carbocycles. The van der Waals surface area contributed by atoms with E-state index in [2.05, 4.69) is 54.8 Å². The second kappa shape index (κ2) is 3.71. The molecule has 1 aliphatic heterocycles. The van der Waals surface area contributed by atoms with Crippen LogP contribution in [0.2, 0.25) is 0 Å². The normalized spacial score (nSPS) is 32.9. The molecule has 1 saturated heterocycles. The molecule has 1 aliphatic rings. The van der Waals surface area contributed by atoms with Gasteiger partial charge in [0.2, 0.25) is 0 Å². The Morgan fingerprint density at radius 2 is 1.93 bits per heavy atom. The molecule has 0 saturated carbocycles. The van der Waals surface area contributed by atoms with Crippen LogP contribution in [0.5, 0.6) is 0 Å². The maximum absolute atomic E-state index is 3.60. The van der Waals surface area contributed by atoms with E-state index in [-0.39, 0.29) is 5.54 Å². The Labute approximate surface area is 85.7 Å². The predicted octanol–water partition coefficient (Wildman–Crippen LogP) is 1.48. The van der Waals surface area contributed by atoms with Crippen molar-refractivity contribution >= 4 is 0 Å². The fourth-order valence-corrected chi connectivity index (χ4v) is 2.10. The van der Waals surface area contributed by atoms with E-state index in [1.807, 2.05) is 0 Å². The molecule has 2 rings (SSSR count). The number of benzene rings is 1. The molecule has 0 aromatic heterocycles. The smallest absolute Gasteiger partial charge is 0.0559 e. The maximum atomic E-state index is 3.60. The Morgan fingerprint density at radius 3 is 2.57 bits per heavy atom. The quantitative estimate of drug-likeness (QED) is 0.701. The zero-order valence-electron chi connectivity index (χ0n) is 8.88. The molecular weight excluding hydrogens is 172 g/mol. The molecule has 0 amide bonds. The minimum atomic E-state index is 0.0690. The van der Waals surface area contributed by atoms with Gasteiger partial charge in [0.1, 0.15) is 0 Å². The summed E-state index contributed by atoms with van der Waals surface area (Å²) in [7, 11) is 0. The molecule has 0 bridgehead atoms. The average molecular weight is 190 g/mol. The van der Waals surface area contributed by atoms with Gasteiger partial charge in [-0.3, -0.25) is 0 Å². The Kier molecular flexibility index (Phi) is 2.57. The Bertz CT molecular complexity index is 296. The lowest BCUT2D eigenvalue weighted by atomic mass is 9.84.